The number of phenolic OH excluding ortho intramolecular Hbond substituents is 1. The second-order valence-electron chi connectivity index (χ2n) is 4.99. The molecule has 0 spiro atoms. The number of halogens is 2. The van der Waals surface area contributed by atoms with E-state index in [9.17, 15) is 9.18 Å². The van der Waals surface area contributed by atoms with Gasteiger partial charge in [-0.3, -0.25) is 4.79 Å². The first-order valence-corrected chi connectivity index (χ1v) is 7.38. The molecule has 1 aromatic carbocycles. The minimum Gasteiger partial charge on any atom is -0.508 e. The van der Waals surface area contributed by atoms with Crippen molar-refractivity contribution in [3.05, 3.63) is 29.6 Å². The summed E-state index contributed by atoms with van der Waals surface area (Å²) in [6.07, 6.45) is 4.39. The van der Waals surface area contributed by atoms with Crippen molar-refractivity contribution in [3.8, 4) is 5.75 Å². The molecule has 0 saturated heterocycles. The fourth-order valence-electron chi connectivity index (χ4n) is 2.35. The van der Waals surface area contributed by atoms with Crippen LogP contribution in [0.3, 0.4) is 0 Å². The van der Waals surface area contributed by atoms with Crippen molar-refractivity contribution in [2.45, 2.75) is 30.5 Å². The standard InChI is InChI=1S/C14H17BrFNO2/c15-10-3-1-9(2-4-10)8-17-14(19)12-6-5-11(18)7-13(12)16/h5-7,9-10,18H,1-4,8H2,(H,17,19). The zero-order valence-electron chi connectivity index (χ0n) is 10.5. The lowest BCUT2D eigenvalue weighted by molar-refractivity contribution is 0.0940. The highest BCUT2D eigenvalue weighted by Gasteiger charge is 2.20. The zero-order chi connectivity index (χ0) is 13.8. The fraction of sp³-hybridized carbons (Fsp3) is 0.500. The number of aromatic hydroxyl groups is 1. The van der Waals surface area contributed by atoms with E-state index in [0.717, 1.165) is 31.7 Å². The maximum atomic E-state index is 13.5. The van der Waals surface area contributed by atoms with Crippen molar-refractivity contribution in [2.24, 2.45) is 5.92 Å². The average Bonchev–Trinajstić information content (AvgIpc) is 2.37. The summed E-state index contributed by atoms with van der Waals surface area (Å²) in [4.78, 5) is 12.4. The van der Waals surface area contributed by atoms with E-state index in [1.54, 1.807) is 0 Å². The van der Waals surface area contributed by atoms with Crippen molar-refractivity contribution in [1.82, 2.24) is 5.32 Å². The summed E-state index contributed by atoms with van der Waals surface area (Å²) in [7, 11) is 0. The van der Waals surface area contributed by atoms with Crippen molar-refractivity contribution in [1.29, 1.82) is 0 Å². The Morgan fingerprint density at radius 3 is 2.68 bits per heavy atom. The molecule has 19 heavy (non-hydrogen) atoms. The smallest absolute Gasteiger partial charge is 0.254 e. The number of hydrogen-bond acceptors (Lipinski definition) is 2. The van der Waals surface area contributed by atoms with Crippen LogP contribution in [0.25, 0.3) is 0 Å². The molecule has 1 amide bonds. The number of carbonyl (C=O) groups is 1. The third-order valence-corrected chi connectivity index (χ3v) is 4.44. The van der Waals surface area contributed by atoms with Gasteiger partial charge in [0.1, 0.15) is 11.6 Å². The monoisotopic (exact) mass is 329 g/mol. The van der Waals surface area contributed by atoms with Gasteiger partial charge in [0.15, 0.2) is 0 Å². The van der Waals surface area contributed by atoms with Gasteiger partial charge in [-0.15, -0.1) is 0 Å². The average molecular weight is 330 g/mol. The SMILES string of the molecule is O=C(NCC1CCC(Br)CC1)c1ccc(O)cc1F. The number of alkyl halides is 1. The van der Waals surface area contributed by atoms with E-state index in [0.29, 0.717) is 17.3 Å². The summed E-state index contributed by atoms with van der Waals surface area (Å²) >= 11 is 3.59. The van der Waals surface area contributed by atoms with Gasteiger partial charge in [-0.2, -0.15) is 0 Å². The van der Waals surface area contributed by atoms with Crippen molar-refractivity contribution in [3.63, 3.8) is 0 Å². The minimum absolute atomic E-state index is 0.0213. The van der Waals surface area contributed by atoms with Crippen molar-refractivity contribution < 1.29 is 14.3 Å². The molecule has 0 radical (unpaired) electrons. The second-order valence-corrected chi connectivity index (χ2v) is 6.29. The second kappa shape index (κ2) is 6.37. The van der Waals surface area contributed by atoms with E-state index in [2.05, 4.69) is 21.2 Å². The van der Waals surface area contributed by atoms with Gasteiger partial charge in [-0.05, 0) is 43.7 Å². The van der Waals surface area contributed by atoms with Gasteiger partial charge in [0.25, 0.3) is 5.91 Å². The Labute approximate surface area is 120 Å². The summed E-state index contributed by atoms with van der Waals surface area (Å²) < 4.78 is 13.5. The van der Waals surface area contributed by atoms with E-state index < -0.39 is 11.7 Å². The maximum absolute atomic E-state index is 13.5. The van der Waals surface area contributed by atoms with Crippen LogP contribution in [0.5, 0.6) is 5.75 Å². The van der Waals surface area contributed by atoms with Crippen LogP contribution in [0.1, 0.15) is 36.0 Å². The van der Waals surface area contributed by atoms with Crippen LogP contribution in [-0.2, 0) is 0 Å². The van der Waals surface area contributed by atoms with Crippen LogP contribution in [-0.4, -0.2) is 22.4 Å². The zero-order valence-corrected chi connectivity index (χ0v) is 12.1. The summed E-state index contributed by atoms with van der Waals surface area (Å²) in [5, 5.41) is 11.9. The quantitative estimate of drug-likeness (QED) is 0.836. The summed E-state index contributed by atoms with van der Waals surface area (Å²) in [6, 6.07) is 3.56. The molecule has 2 rings (SSSR count). The number of nitrogens with one attached hydrogen (secondary N) is 1. The first kappa shape index (κ1) is 14.3. The topological polar surface area (TPSA) is 49.3 Å². The Hall–Kier alpha value is -1.10. The van der Waals surface area contributed by atoms with E-state index in [-0.39, 0.29) is 11.3 Å². The summed E-state index contributed by atoms with van der Waals surface area (Å²) in [6.45, 7) is 0.582. The van der Waals surface area contributed by atoms with Gasteiger partial charge in [0.05, 0.1) is 5.56 Å². The van der Waals surface area contributed by atoms with Gasteiger partial charge in [0, 0.05) is 17.4 Å². The molecule has 104 valence electrons. The Balaban J connectivity index is 1.87. The minimum atomic E-state index is -0.693. The molecule has 0 heterocycles. The molecule has 2 N–H and O–H groups in total. The van der Waals surface area contributed by atoms with Gasteiger partial charge < -0.3 is 10.4 Å². The lowest BCUT2D eigenvalue weighted by Gasteiger charge is -2.25. The molecule has 0 unspecified atom stereocenters. The third kappa shape index (κ3) is 3.93. The molecule has 0 atom stereocenters. The van der Waals surface area contributed by atoms with E-state index in [1.807, 2.05) is 0 Å². The molecular formula is C14H17BrFNO2. The molecule has 5 heteroatoms. The Kier molecular flexibility index (Phi) is 4.80. The molecule has 1 aliphatic rings. The highest BCUT2D eigenvalue weighted by atomic mass is 79.9. The van der Waals surface area contributed by atoms with Crippen LogP contribution in [0, 0.1) is 11.7 Å². The number of hydrogen-bond donors (Lipinski definition) is 2. The molecule has 0 aromatic heterocycles. The van der Waals surface area contributed by atoms with Gasteiger partial charge in [-0.25, -0.2) is 4.39 Å². The molecule has 3 nitrogen and oxygen atoms in total. The first-order valence-electron chi connectivity index (χ1n) is 6.47. The van der Waals surface area contributed by atoms with Crippen LogP contribution < -0.4 is 5.32 Å². The third-order valence-electron chi connectivity index (χ3n) is 3.52. The maximum Gasteiger partial charge on any atom is 0.254 e. The van der Waals surface area contributed by atoms with Crippen molar-refractivity contribution >= 4 is 21.8 Å². The van der Waals surface area contributed by atoms with Gasteiger partial charge >= 0.3 is 0 Å². The number of amides is 1. The van der Waals surface area contributed by atoms with Crippen LogP contribution in [0.15, 0.2) is 18.2 Å². The van der Waals surface area contributed by atoms with Crippen molar-refractivity contribution in [2.75, 3.05) is 6.54 Å². The molecule has 0 bridgehead atoms. The Morgan fingerprint density at radius 2 is 2.05 bits per heavy atom. The molecular weight excluding hydrogens is 313 g/mol. The lowest BCUT2D eigenvalue weighted by atomic mass is 9.89. The van der Waals surface area contributed by atoms with Crippen LogP contribution in [0.2, 0.25) is 0 Å². The lowest BCUT2D eigenvalue weighted by Crippen LogP contribution is -2.31. The normalized spacial score (nSPS) is 23.1. The first-order chi connectivity index (χ1) is 9.06. The van der Waals surface area contributed by atoms with E-state index in [4.69, 9.17) is 5.11 Å². The highest BCUT2D eigenvalue weighted by Crippen LogP contribution is 2.28. The number of phenols is 1. The number of carbonyl (C=O) groups excluding carboxylic acids is 1. The van der Waals surface area contributed by atoms with E-state index >= 15 is 0 Å². The van der Waals surface area contributed by atoms with Gasteiger partial charge in [-0.1, -0.05) is 15.9 Å². The summed E-state index contributed by atoms with van der Waals surface area (Å²) in [5.74, 6) is -0.817. The molecule has 1 fully saturated rings. The summed E-state index contributed by atoms with van der Waals surface area (Å²) in [5.41, 5.74) is -0.0213. The molecule has 1 saturated carbocycles. The number of benzene rings is 1. The predicted octanol–water partition coefficient (Wildman–Crippen LogP) is 3.21. The highest BCUT2D eigenvalue weighted by molar-refractivity contribution is 9.09. The molecule has 0 aliphatic heterocycles. The Bertz CT molecular complexity index is 459. The largest absolute Gasteiger partial charge is 0.508 e. The van der Waals surface area contributed by atoms with Gasteiger partial charge in [0.2, 0.25) is 0 Å². The molecule has 1 aliphatic carbocycles. The fourth-order valence-corrected chi connectivity index (χ4v) is 2.87. The van der Waals surface area contributed by atoms with Crippen LogP contribution in [0.4, 0.5) is 4.39 Å². The molecule has 1 aromatic rings. The Morgan fingerprint density at radius 1 is 1.37 bits per heavy atom. The number of rotatable bonds is 3. The predicted molar refractivity (Wildman–Crippen MR) is 75.1 cm³/mol. The van der Waals surface area contributed by atoms with Crippen LogP contribution >= 0.6 is 15.9 Å². The van der Waals surface area contributed by atoms with E-state index in [1.165, 1.54) is 12.1 Å².